The molecular weight excluding hydrogens is 198 g/mol. The van der Waals surface area contributed by atoms with E-state index >= 15 is 0 Å². The molecule has 0 aromatic carbocycles. The fourth-order valence-electron chi connectivity index (χ4n) is 1.12. The van der Waals surface area contributed by atoms with Crippen molar-refractivity contribution in [3.63, 3.8) is 0 Å². The first-order chi connectivity index (χ1) is 7.65. The molecule has 0 unspecified atom stereocenters. The first-order valence-electron chi connectivity index (χ1n) is 5.68. The van der Waals surface area contributed by atoms with E-state index in [0.717, 1.165) is 17.0 Å². The van der Waals surface area contributed by atoms with Crippen LogP contribution >= 0.6 is 0 Å². The van der Waals surface area contributed by atoms with Gasteiger partial charge in [-0.1, -0.05) is 27.7 Å². The summed E-state index contributed by atoms with van der Waals surface area (Å²) in [6.07, 6.45) is 5.77. The molecule has 1 aromatic rings. The summed E-state index contributed by atoms with van der Waals surface area (Å²) >= 11 is 0. The minimum absolute atomic E-state index is 0.311. The lowest BCUT2D eigenvalue weighted by molar-refractivity contribution is 1.00. The zero-order chi connectivity index (χ0) is 13.1. The molecule has 0 aliphatic rings. The second-order valence-electron chi connectivity index (χ2n) is 2.61. The first kappa shape index (κ1) is 16.9. The van der Waals surface area contributed by atoms with Gasteiger partial charge in [0.25, 0.3) is 0 Å². The fraction of sp³-hybridized carbons (Fsp3) is 0.538. The second-order valence-corrected chi connectivity index (χ2v) is 2.61. The van der Waals surface area contributed by atoms with E-state index in [1.165, 1.54) is 0 Å². The lowest BCUT2D eigenvalue weighted by atomic mass is 10.1. The maximum absolute atomic E-state index is 5.45. The van der Waals surface area contributed by atoms with Crippen molar-refractivity contribution in [3.8, 4) is 12.3 Å². The number of nitrogen functional groups attached to an aromatic ring is 1. The van der Waals surface area contributed by atoms with E-state index in [-0.39, 0.29) is 0 Å². The van der Waals surface area contributed by atoms with Crippen LogP contribution in [0.25, 0.3) is 0 Å². The van der Waals surface area contributed by atoms with Gasteiger partial charge in [0.15, 0.2) is 0 Å². The Morgan fingerprint density at radius 3 is 1.75 bits per heavy atom. The molecule has 90 valence electrons. The standard InChI is InChI=1S/C9H11N3.2C2H6/c1-4-5-8-6(2)11-9(10)12-7(8)3;2*1-2/h1H,5H2,2-3H3,(H2,10,11,12);2*1-2H3. The van der Waals surface area contributed by atoms with E-state index in [9.17, 15) is 0 Å². The highest BCUT2D eigenvalue weighted by atomic mass is 15.0. The van der Waals surface area contributed by atoms with Crippen LogP contribution in [0.5, 0.6) is 0 Å². The van der Waals surface area contributed by atoms with E-state index in [2.05, 4.69) is 15.9 Å². The summed E-state index contributed by atoms with van der Waals surface area (Å²) in [4.78, 5) is 8.05. The van der Waals surface area contributed by atoms with Gasteiger partial charge in [-0.3, -0.25) is 0 Å². The summed E-state index contributed by atoms with van der Waals surface area (Å²) in [6.45, 7) is 11.8. The minimum atomic E-state index is 0.311. The first-order valence-corrected chi connectivity index (χ1v) is 5.68. The third-order valence-electron chi connectivity index (χ3n) is 1.72. The van der Waals surface area contributed by atoms with Gasteiger partial charge in [-0.25, -0.2) is 9.97 Å². The maximum Gasteiger partial charge on any atom is 0.220 e. The molecule has 2 N–H and O–H groups in total. The quantitative estimate of drug-likeness (QED) is 0.742. The Hall–Kier alpha value is -1.56. The van der Waals surface area contributed by atoms with Gasteiger partial charge in [-0.05, 0) is 13.8 Å². The monoisotopic (exact) mass is 221 g/mol. The van der Waals surface area contributed by atoms with Crippen molar-refractivity contribution in [2.24, 2.45) is 0 Å². The predicted molar refractivity (Wildman–Crippen MR) is 71.2 cm³/mol. The molecule has 0 aliphatic heterocycles. The van der Waals surface area contributed by atoms with Crippen LogP contribution in [0.3, 0.4) is 0 Å². The van der Waals surface area contributed by atoms with Crippen LogP contribution in [0.1, 0.15) is 44.6 Å². The zero-order valence-corrected chi connectivity index (χ0v) is 11.3. The summed E-state index contributed by atoms with van der Waals surface area (Å²) in [7, 11) is 0. The number of rotatable bonds is 1. The predicted octanol–water partition coefficient (Wildman–Crippen LogP) is 2.90. The van der Waals surface area contributed by atoms with Crippen LogP contribution in [-0.2, 0) is 6.42 Å². The van der Waals surface area contributed by atoms with Gasteiger partial charge in [0, 0.05) is 23.4 Å². The molecule has 0 fully saturated rings. The van der Waals surface area contributed by atoms with E-state index in [0.29, 0.717) is 12.4 Å². The van der Waals surface area contributed by atoms with Crippen LogP contribution in [-0.4, -0.2) is 9.97 Å². The van der Waals surface area contributed by atoms with Crippen molar-refractivity contribution in [3.05, 3.63) is 17.0 Å². The third-order valence-corrected chi connectivity index (χ3v) is 1.72. The van der Waals surface area contributed by atoms with Crippen LogP contribution in [0, 0.1) is 26.2 Å². The van der Waals surface area contributed by atoms with Gasteiger partial charge in [0.2, 0.25) is 5.95 Å². The van der Waals surface area contributed by atoms with Crippen molar-refractivity contribution in [2.45, 2.75) is 48.0 Å². The molecule has 1 heterocycles. The van der Waals surface area contributed by atoms with Gasteiger partial charge < -0.3 is 5.73 Å². The fourth-order valence-corrected chi connectivity index (χ4v) is 1.12. The van der Waals surface area contributed by atoms with Crippen LogP contribution in [0.15, 0.2) is 0 Å². The summed E-state index contributed by atoms with van der Waals surface area (Å²) < 4.78 is 0. The van der Waals surface area contributed by atoms with Crippen molar-refractivity contribution >= 4 is 5.95 Å². The molecule has 0 spiro atoms. The molecule has 1 rings (SSSR count). The molecule has 0 atom stereocenters. The van der Waals surface area contributed by atoms with Crippen LogP contribution < -0.4 is 5.73 Å². The van der Waals surface area contributed by atoms with Crippen molar-refractivity contribution in [1.82, 2.24) is 9.97 Å². The maximum atomic E-state index is 5.45. The number of aromatic nitrogens is 2. The lowest BCUT2D eigenvalue weighted by Crippen LogP contribution is -2.04. The zero-order valence-electron chi connectivity index (χ0n) is 11.3. The van der Waals surface area contributed by atoms with Crippen molar-refractivity contribution < 1.29 is 0 Å². The molecule has 0 radical (unpaired) electrons. The highest BCUT2D eigenvalue weighted by molar-refractivity contribution is 5.32. The average Bonchev–Trinajstić information content (AvgIpc) is 2.29. The molecule has 0 aliphatic carbocycles. The molecule has 0 saturated carbocycles. The molecule has 1 aromatic heterocycles. The average molecular weight is 221 g/mol. The highest BCUT2D eigenvalue weighted by Crippen LogP contribution is 2.10. The smallest absolute Gasteiger partial charge is 0.220 e. The van der Waals surface area contributed by atoms with Crippen LogP contribution in [0.2, 0.25) is 0 Å². The summed E-state index contributed by atoms with van der Waals surface area (Å²) in [5, 5.41) is 0. The van der Waals surface area contributed by atoms with Gasteiger partial charge >= 0.3 is 0 Å². The van der Waals surface area contributed by atoms with Crippen LogP contribution in [0.4, 0.5) is 5.95 Å². The Morgan fingerprint density at radius 1 is 1.06 bits per heavy atom. The number of nitrogens with zero attached hydrogens (tertiary/aromatic N) is 2. The van der Waals surface area contributed by atoms with E-state index < -0.39 is 0 Å². The molecule has 0 bridgehead atoms. The molecule has 0 amide bonds. The largest absolute Gasteiger partial charge is 0.368 e. The Morgan fingerprint density at radius 2 is 1.44 bits per heavy atom. The topological polar surface area (TPSA) is 51.8 Å². The van der Waals surface area contributed by atoms with Crippen molar-refractivity contribution in [1.29, 1.82) is 0 Å². The minimum Gasteiger partial charge on any atom is -0.368 e. The number of anilines is 1. The summed E-state index contributed by atoms with van der Waals surface area (Å²) in [6, 6.07) is 0. The molecule has 3 nitrogen and oxygen atoms in total. The van der Waals surface area contributed by atoms with E-state index in [1.54, 1.807) is 0 Å². The van der Waals surface area contributed by atoms with Crippen molar-refractivity contribution in [2.75, 3.05) is 5.73 Å². The number of aryl methyl sites for hydroxylation is 2. The summed E-state index contributed by atoms with van der Waals surface area (Å²) in [5.41, 5.74) is 8.20. The van der Waals surface area contributed by atoms with Gasteiger partial charge in [0.05, 0.1) is 0 Å². The van der Waals surface area contributed by atoms with Gasteiger partial charge in [-0.2, -0.15) is 0 Å². The Kier molecular flexibility index (Phi) is 10.5. The molecule has 3 heteroatoms. The van der Waals surface area contributed by atoms with Gasteiger partial charge in [-0.15, -0.1) is 12.3 Å². The lowest BCUT2D eigenvalue weighted by Gasteiger charge is -2.05. The highest BCUT2D eigenvalue weighted by Gasteiger charge is 2.04. The molecule has 0 saturated heterocycles. The normalized spacial score (nSPS) is 7.81. The molecule has 16 heavy (non-hydrogen) atoms. The Bertz CT molecular complexity index is 315. The van der Waals surface area contributed by atoms with Gasteiger partial charge in [0.1, 0.15) is 0 Å². The van der Waals surface area contributed by atoms with E-state index in [4.69, 9.17) is 12.2 Å². The Labute approximate surface area is 99.5 Å². The SMILES string of the molecule is C#CCc1c(C)nc(N)nc1C.CC.CC. The summed E-state index contributed by atoms with van der Waals surface area (Å²) in [5.74, 6) is 2.88. The number of nitrogens with two attached hydrogens (primary N) is 1. The Balaban J connectivity index is 0. The number of hydrogen-bond donors (Lipinski definition) is 1. The molecular formula is C13H23N3. The number of terminal acetylenes is 1. The second kappa shape index (κ2) is 9.97. The third kappa shape index (κ3) is 5.35. The van der Waals surface area contributed by atoms with E-state index in [1.807, 2.05) is 41.5 Å². The number of hydrogen-bond acceptors (Lipinski definition) is 3.